The van der Waals surface area contributed by atoms with Crippen LogP contribution in [0.3, 0.4) is 0 Å². The molecule has 0 fully saturated rings. The van der Waals surface area contributed by atoms with E-state index in [9.17, 15) is 4.79 Å². The van der Waals surface area contributed by atoms with E-state index in [2.05, 4.69) is 78.7 Å². The fraction of sp³-hybridized carbons (Fsp3) is 0.214. The number of fused-ring (bicyclic) bond motifs is 1. The quantitative estimate of drug-likeness (QED) is 0.300. The van der Waals surface area contributed by atoms with Crippen molar-refractivity contribution in [3.8, 4) is 0 Å². The second-order valence-corrected chi connectivity index (χ2v) is 8.37. The number of nitrogens with zero attached hydrogens (tertiary/aromatic N) is 1. The first-order valence-corrected chi connectivity index (χ1v) is 11.0. The number of hydrogen-bond acceptors (Lipinski definition) is 2. The van der Waals surface area contributed by atoms with Gasteiger partial charge in [-0.15, -0.1) is 0 Å². The van der Waals surface area contributed by atoms with Crippen LogP contribution in [0, 0.1) is 20.8 Å². The molecule has 0 radical (unpaired) electrons. The molecular weight excluding hydrogens is 394 g/mol. The van der Waals surface area contributed by atoms with Crippen LogP contribution in [0.1, 0.15) is 46.0 Å². The van der Waals surface area contributed by atoms with Gasteiger partial charge in [0.05, 0.1) is 12.1 Å². The van der Waals surface area contributed by atoms with Crippen molar-refractivity contribution < 1.29 is 4.79 Å². The molecule has 2 N–H and O–H groups in total. The van der Waals surface area contributed by atoms with Crippen molar-refractivity contribution in [3.05, 3.63) is 106 Å². The lowest BCUT2D eigenvalue weighted by Crippen LogP contribution is -2.22. The van der Waals surface area contributed by atoms with Gasteiger partial charge in [0.2, 0.25) is 5.91 Å². The average molecular weight is 424 g/mol. The minimum absolute atomic E-state index is 0.131. The molecule has 0 unspecified atom stereocenters. The third-order valence-corrected chi connectivity index (χ3v) is 5.84. The van der Waals surface area contributed by atoms with Crippen LogP contribution >= 0.6 is 0 Å². The highest BCUT2D eigenvalue weighted by Crippen LogP contribution is 2.24. The summed E-state index contributed by atoms with van der Waals surface area (Å²) in [6.07, 6.45) is 1.24. The largest absolute Gasteiger partial charge is 0.358 e. The summed E-state index contributed by atoms with van der Waals surface area (Å²) in [6, 6.07) is 22.8. The lowest BCUT2D eigenvalue weighted by Gasteiger charge is -2.10. The molecule has 1 heterocycles. The van der Waals surface area contributed by atoms with Gasteiger partial charge in [0.15, 0.2) is 0 Å². The van der Waals surface area contributed by atoms with Gasteiger partial charge in [0, 0.05) is 27.7 Å². The summed E-state index contributed by atoms with van der Waals surface area (Å²) in [5, 5.41) is 5.68. The zero-order valence-electron chi connectivity index (χ0n) is 19.1. The zero-order valence-corrected chi connectivity index (χ0v) is 19.1. The molecule has 0 aliphatic rings. The number of rotatable bonds is 6. The van der Waals surface area contributed by atoms with Gasteiger partial charge in [-0.25, -0.2) is 5.43 Å². The van der Waals surface area contributed by atoms with Gasteiger partial charge in [0.25, 0.3) is 0 Å². The Morgan fingerprint density at radius 2 is 1.69 bits per heavy atom. The second kappa shape index (κ2) is 9.23. The SMILES string of the molecule is CCc1ccc2[nH]c(C)c(CC(=O)N/N=C(/c3ccc(C)cc3)c3cccc(C)c3)c2c1. The van der Waals surface area contributed by atoms with Crippen LogP contribution < -0.4 is 5.43 Å². The van der Waals surface area contributed by atoms with E-state index in [0.29, 0.717) is 0 Å². The number of aryl methyl sites for hydroxylation is 4. The molecule has 0 aliphatic carbocycles. The van der Waals surface area contributed by atoms with Gasteiger partial charge in [-0.3, -0.25) is 4.79 Å². The average Bonchev–Trinajstić information content (AvgIpc) is 3.09. The summed E-state index contributed by atoms with van der Waals surface area (Å²) in [7, 11) is 0. The molecule has 0 spiro atoms. The first-order valence-electron chi connectivity index (χ1n) is 11.0. The van der Waals surface area contributed by atoms with E-state index in [0.717, 1.165) is 51.0 Å². The van der Waals surface area contributed by atoms with Crippen molar-refractivity contribution >= 4 is 22.5 Å². The number of carbonyl (C=O) groups is 1. The highest BCUT2D eigenvalue weighted by Gasteiger charge is 2.14. The summed E-state index contributed by atoms with van der Waals surface area (Å²) in [6.45, 7) is 8.27. The molecule has 0 atom stereocenters. The number of nitrogens with one attached hydrogen (secondary N) is 2. The van der Waals surface area contributed by atoms with Crippen molar-refractivity contribution in [1.29, 1.82) is 0 Å². The molecule has 1 aromatic heterocycles. The Hall–Kier alpha value is -3.66. The highest BCUT2D eigenvalue weighted by atomic mass is 16.2. The Labute approximate surface area is 189 Å². The number of aromatic amines is 1. The Kier molecular flexibility index (Phi) is 6.22. The van der Waals surface area contributed by atoms with E-state index >= 15 is 0 Å². The van der Waals surface area contributed by atoms with Gasteiger partial charge in [0.1, 0.15) is 0 Å². The predicted octanol–water partition coefficient (Wildman–Crippen LogP) is 5.77. The summed E-state index contributed by atoms with van der Waals surface area (Å²) >= 11 is 0. The molecule has 3 aromatic carbocycles. The normalized spacial score (nSPS) is 11.7. The molecule has 0 saturated carbocycles. The maximum absolute atomic E-state index is 12.9. The molecule has 0 aliphatic heterocycles. The van der Waals surface area contributed by atoms with Crippen LogP contribution in [0.15, 0.2) is 71.8 Å². The number of hydrazone groups is 1. The summed E-state index contributed by atoms with van der Waals surface area (Å²) in [5.41, 5.74) is 12.2. The number of aromatic nitrogens is 1. The van der Waals surface area contributed by atoms with E-state index in [1.54, 1.807) is 0 Å². The Morgan fingerprint density at radius 1 is 0.906 bits per heavy atom. The number of carbonyl (C=O) groups excluding carboxylic acids is 1. The topological polar surface area (TPSA) is 57.2 Å². The Bertz CT molecular complexity index is 1300. The van der Waals surface area contributed by atoms with Crippen LogP contribution in [0.25, 0.3) is 10.9 Å². The van der Waals surface area contributed by atoms with Crippen molar-refractivity contribution in [3.63, 3.8) is 0 Å². The molecule has 4 rings (SSSR count). The van der Waals surface area contributed by atoms with Gasteiger partial charge >= 0.3 is 0 Å². The van der Waals surface area contributed by atoms with Crippen molar-refractivity contribution in [2.75, 3.05) is 0 Å². The van der Waals surface area contributed by atoms with E-state index in [1.165, 1.54) is 11.1 Å². The highest BCUT2D eigenvalue weighted by molar-refractivity contribution is 6.13. The van der Waals surface area contributed by atoms with Crippen LogP contribution in [-0.2, 0) is 17.6 Å². The summed E-state index contributed by atoms with van der Waals surface area (Å²) in [5.74, 6) is -0.131. The monoisotopic (exact) mass is 423 g/mol. The van der Waals surface area contributed by atoms with E-state index < -0.39 is 0 Å². The van der Waals surface area contributed by atoms with E-state index in [-0.39, 0.29) is 12.3 Å². The maximum Gasteiger partial charge on any atom is 0.244 e. The van der Waals surface area contributed by atoms with E-state index in [1.807, 2.05) is 31.2 Å². The minimum atomic E-state index is -0.131. The van der Waals surface area contributed by atoms with Gasteiger partial charge in [-0.2, -0.15) is 5.10 Å². The summed E-state index contributed by atoms with van der Waals surface area (Å²) < 4.78 is 0. The Morgan fingerprint density at radius 3 is 2.41 bits per heavy atom. The summed E-state index contributed by atoms with van der Waals surface area (Å²) in [4.78, 5) is 16.3. The Balaban J connectivity index is 1.63. The zero-order chi connectivity index (χ0) is 22.7. The van der Waals surface area contributed by atoms with Crippen LogP contribution in [0.4, 0.5) is 0 Å². The minimum Gasteiger partial charge on any atom is -0.358 e. The van der Waals surface area contributed by atoms with Crippen molar-refractivity contribution in [1.82, 2.24) is 10.4 Å². The molecular formula is C28H29N3O. The fourth-order valence-electron chi connectivity index (χ4n) is 4.00. The van der Waals surface area contributed by atoms with Gasteiger partial charge < -0.3 is 4.98 Å². The molecule has 0 saturated heterocycles. The number of H-pyrrole nitrogens is 1. The predicted molar refractivity (Wildman–Crippen MR) is 132 cm³/mol. The number of hydrogen-bond donors (Lipinski definition) is 2. The third kappa shape index (κ3) is 4.65. The molecule has 162 valence electrons. The van der Waals surface area contributed by atoms with Crippen LogP contribution in [0.5, 0.6) is 0 Å². The van der Waals surface area contributed by atoms with Gasteiger partial charge in [-0.05, 0) is 56.5 Å². The molecule has 4 nitrogen and oxygen atoms in total. The lowest BCUT2D eigenvalue weighted by molar-refractivity contribution is -0.120. The maximum atomic E-state index is 12.9. The molecule has 0 bridgehead atoms. The van der Waals surface area contributed by atoms with E-state index in [4.69, 9.17) is 0 Å². The van der Waals surface area contributed by atoms with Crippen LogP contribution in [-0.4, -0.2) is 16.6 Å². The van der Waals surface area contributed by atoms with Crippen molar-refractivity contribution in [2.45, 2.75) is 40.5 Å². The smallest absolute Gasteiger partial charge is 0.244 e. The molecule has 4 aromatic rings. The molecule has 4 heteroatoms. The first-order chi connectivity index (χ1) is 15.4. The molecule has 32 heavy (non-hydrogen) atoms. The number of benzene rings is 3. The lowest BCUT2D eigenvalue weighted by atomic mass is 10.00. The first kappa shape index (κ1) is 21.6. The third-order valence-electron chi connectivity index (χ3n) is 5.84. The van der Waals surface area contributed by atoms with Gasteiger partial charge in [-0.1, -0.05) is 66.6 Å². The number of amides is 1. The standard InChI is InChI=1S/C28H29N3O/c1-5-21-11-14-26-25(16-21)24(20(4)29-26)17-27(32)30-31-28(22-12-9-18(2)10-13-22)23-8-6-7-19(3)15-23/h6-16,29H,5,17H2,1-4H3,(H,30,32)/b31-28-. The van der Waals surface area contributed by atoms with Crippen molar-refractivity contribution in [2.24, 2.45) is 5.10 Å². The fourth-order valence-corrected chi connectivity index (χ4v) is 4.00. The molecule has 1 amide bonds. The van der Waals surface area contributed by atoms with Crippen LogP contribution in [0.2, 0.25) is 0 Å². The second-order valence-electron chi connectivity index (χ2n) is 8.37.